The molecule has 0 aliphatic rings. The van der Waals surface area contributed by atoms with Crippen LogP contribution in [0.25, 0.3) is 0 Å². The lowest BCUT2D eigenvalue weighted by Gasteiger charge is -2.08. The molecule has 4 nitrogen and oxygen atoms in total. The molecule has 2 aromatic carbocycles. The zero-order chi connectivity index (χ0) is 15.9. The molecule has 0 atom stereocenters. The van der Waals surface area contributed by atoms with Gasteiger partial charge < -0.3 is 10.6 Å². The monoisotopic (exact) mass is 296 g/mol. The molecule has 0 saturated carbocycles. The minimum Gasteiger partial charge on any atom is -0.350 e. The van der Waals surface area contributed by atoms with Crippen LogP contribution in [-0.4, -0.2) is 18.4 Å². The van der Waals surface area contributed by atoms with E-state index >= 15 is 0 Å². The average molecular weight is 296 g/mol. The molecule has 2 rings (SSSR count). The van der Waals surface area contributed by atoms with Gasteiger partial charge in [-0.3, -0.25) is 9.59 Å². The Kier molecular flexibility index (Phi) is 5.31. The molecule has 0 radical (unpaired) electrons. The lowest BCUT2D eigenvalue weighted by molar-refractivity contribution is -0.120. The van der Waals surface area contributed by atoms with Gasteiger partial charge in [0.25, 0.3) is 5.91 Å². The maximum atomic E-state index is 12.0. The zero-order valence-corrected chi connectivity index (χ0v) is 12.8. The molecule has 2 aromatic rings. The van der Waals surface area contributed by atoms with E-state index in [9.17, 15) is 9.59 Å². The first kappa shape index (κ1) is 15.8. The van der Waals surface area contributed by atoms with Gasteiger partial charge >= 0.3 is 0 Å². The fourth-order valence-electron chi connectivity index (χ4n) is 2.00. The van der Waals surface area contributed by atoms with Gasteiger partial charge in [-0.25, -0.2) is 0 Å². The third-order valence-electron chi connectivity index (χ3n) is 3.51. The largest absolute Gasteiger partial charge is 0.350 e. The lowest BCUT2D eigenvalue weighted by atomic mass is 10.1. The van der Waals surface area contributed by atoms with Crippen molar-refractivity contribution in [3.63, 3.8) is 0 Å². The topological polar surface area (TPSA) is 58.2 Å². The average Bonchev–Trinajstić information content (AvgIpc) is 2.54. The van der Waals surface area contributed by atoms with Gasteiger partial charge in [0.15, 0.2) is 0 Å². The van der Waals surface area contributed by atoms with E-state index in [0.717, 1.165) is 16.7 Å². The molecule has 0 aromatic heterocycles. The number of aryl methyl sites for hydroxylation is 2. The molecule has 0 bridgehead atoms. The van der Waals surface area contributed by atoms with Crippen LogP contribution in [0.1, 0.15) is 27.0 Å². The van der Waals surface area contributed by atoms with Crippen LogP contribution >= 0.6 is 0 Å². The smallest absolute Gasteiger partial charge is 0.251 e. The number of rotatable bonds is 5. The summed E-state index contributed by atoms with van der Waals surface area (Å²) in [5.41, 5.74) is 3.79. The third-order valence-corrected chi connectivity index (χ3v) is 3.51. The summed E-state index contributed by atoms with van der Waals surface area (Å²) in [6.07, 6.45) is 0. The molecule has 4 heteroatoms. The van der Waals surface area contributed by atoms with Crippen molar-refractivity contribution in [3.05, 3.63) is 70.8 Å². The van der Waals surface area contributed by atoms with Crippen LogP contribution in [0.2, 0.25) is 0 Å². The predicted octanol–water partition coefficient (Wildman–Crippen LogP) is 2.35. The molecule has 0 aliphatic carbocycles. The summed E-state index contributed by atoms with van der Waals surface area (Å²) in [6.45, 7) is 4.38. The minimum atomic E-state index is -0.238. The molecule has 0 aliphatic heterocycles. The Hall–Kier alpha value is -2.62. The second-order valence-corrected chi connectivity index (χ2v) is 5.24. The quantitative estimate of drug-likeness (QED) is 0.890. The molecular weight excluding hydrogens is 276 g/mol. The Morgan fingerprint density at radius 1 is 0.909 bits per heavy atom. The Morgan fingerprint density at radius 2 is 1.64 bits per heavy atom. The van der Waals surface area contributed by atoms with Crippen molar-refractivity contribution in [2.45, 2.75) is 20.4 Å². The van der Waals surface area contributed by atoms with E-state index in [0.29, 0.717) is 12.1 Å². The maximum absolute atomic E-state index is 12.0. The minimum absolute atomic E-state index is 0.0292. The highest BCUT2D eigenvalue weighted by Gasteiger charge is 2.08. The Morgan fingerprint density at radius 3 is 2.32 bits per heavy atom. The summed E-state index contributed by atoms with van der Waals surface area (Å²) >= 11 is 0. The summed E-state index contributed by atoms with van der Waals surface area (Å²) < 4.78 is 0. The van der Waals surface area contributed by atoms with E-state index in [1.807, 2.05) is 56.3 Å². The molecule has 2 N–H and O–H groups in total. The molecule has 0 spiro atoms. The Balaban J connectivity index is 1.80. The van der Waals surface area contributed by atoms with Crippen molar-refractivity contribution in [2.24, 2.45) is 0 Å². The molecule has 0 saturated heterocycles. The van der Waals surface area contributed by atoms with E-state index in [-0.39, 0.29) is 18.4 Å². The number of amides is 2. The van der Waals surface area contributed by atoms with Gasteiger partial charge in [-0.2, -0.15) is 0 Å². The number of hydrogen-bond donors (Lipinski definition) is 2. The fraction of sp³-hybridized carbons (Fsp3) is 0.222. The van der Waals surface area contributed by atoms with E-state index in [4.69, 9.17) is 0 Å². The lowest BCUT2D eigenvalue weighted by Crippen LogP contribution is -2.36. The summed E-state index contributed by atoms with van der Waals surface area (Å²) in [5, 5.41) is 5.40. The van der Waals surface area contributed by atoms with Gasteiger partial charge in [-0.1, -0.05) is 36.4 Å². The van der Waals surface area contributed by atoms with Crippen molar-refractivity contribution in [2.75, 3.05) is 6.54 Å². The second kappa shape index (κ2) is 7.41. The molecule has 114 valence electrons. The summed E-state index contributed by atoms with van der Waals surface area (Å²) in [7, 11) is 0. The van der Waals surface area contributed by atoms with Crippen LogP contribution < -0.4 is 10.6 Å². The van der Waals surface area contributed by atoms with Gasteiger partial charge in [0.2, 0.25) is 5.91 Å². The van der Waals surface area contributed by atoms with Gasteiger partial charge in [-0.05, 0) is 42.7 Å². The van der Waals surface area contributed by atoms with Crippen LogP contribution in [0.4, 0.5) is 0 Å². The van der Waals surface area contributed by atoms with Gasteiger partial charge in [0.05, 0.1) is 6.54 Å². The summed E-state index contributed by atoms with van der Waals surface area (Å²) in [6, 6.07) is 15.1. The summed E-state index contributed by atoms with van der Waals surface area (Å²) in [4.78, 5) is 23.7. The molecule has 22 heavy (non-hydrogen) atoms. The Bertz CT molecular complexity index is 666. The highest BCUT2D eigenvalue weighted by molar-refractivity contribution is 5.96. The number of nitrogens with one attached hydrogen (secondary N) is 2. The first-order chi connectivity index (χ1) is 10.6. The molecule has 2 amide bonds. The van der Waals surface area contributed by atoms with Crippen molar-refractivity contribution < 1.29 is 9.59 Å². The van der Waals surface area contributed by atoms with E-state index < -0.39 is 0 Å². The van der Waals surface area contributed by atoms with Crippen molar-refractivity contribution in [1.29, 1.82) is 0 Å². The first-order valence-corrected chi connectivity index (χ1v) is 7.22. The SMILES string of the molecule is Cc1ccc(C(=O)NCC(=O)NCc2ccccc2)cc1C. The maximum Gasteiger partial charge on any atom is 0.251 e. The van der Waals surface area contributed by atoms with E-state index in [1.165, 1.54) is 0 Å². The van der Waals surface area contributed by atoms with E-state index in [1.54, 1.807) is 6.07 Å². The highest BCUT2D eigenvalue weighted by Crippen LogP contribution is 2.09. The zero-order valence-electron chi connectivity index (χ0n) is 12.8. The Labute approximate surface area is 130 Å². The van der Waals surface area contributed by atoms with Gasteiger partial charge in [0.1, 0.15) is 0 Å². The van der Waals surface area contributed by atoms with Crippen molar-refractivity contribution in [3.8, 4) is 0 Å². The molecule has 0 heterocycles. The number of carbonyl (C=O) groups is 2. The van der Waals surface area contributed by atoms with Gasteiger partial charge in [-0.15, -0.1) is 0 Å². The normalized spacial score (nSPS) is 10.1. The highest BCUT2D eigenvalue weighted by atomic mass is 16.2. The number of benzene rings is 2. The van der Waals surface area contributed by atoms with Crippen molar-refractivity contribution in [1.82, 2.24) is 10.6 Å². The van der Waals surface area contributed by atoms with E-state index in [2.05, 4.69) is 10.6 Å². The predicted molar refractivity (Wildman–Crippen MR) is 86.5 cm³/mol. The summed E-state index contributed by atoms with van der Waals surface area (Å²) in [5.74, 6) is -0.445. The van der Waals surface area contributed by atoms with Crippen LogP contribution in [0.5, 0.6) is 0 Å². The van der Waals surface area contributed by atoms with Gasteiger partial charge in [0, 0.05) is 12.1 Å². The van der Waals surface area contributed by atoms with Crippen molar-refractivity contribution >= 4 is 11.8 Å². The third kappa shape index (κ3) is 4.45. The number of hydrogen-bond acceptors (Lipinski definition) is 2. The van der Waals surface area contributed by atoms with Crippen LogP contribution in [-0.2, 0) is 11.3 Å². The second-order valence-electron chi connectivity index (χ2n) is 5.24. The number of carbonyl (C=O) groups excluding carboxylic acids is 2. The van der Waals surface area contributed by atoms with Crippen LogP contribution in [0.15, 0.2) is 48.5 Å². The first-order valence-electron chi connectivity index (χ1n) is 7.22. The molecule has 0 fully saturated rings. The molecular formula is C18H20N2O2. The van der Waals surface area contributed by atoms with Crippen LogP contribution in [0, 0.1) is 13.8 Å². The fourth-order valence-corrected chi connectivity index (χ4v) is 2.00. The molecule has 0 unspecified atom stereocenters. The standard InChI is InChI=1S/C18H20N2O2/c1-13-8-9-16(10-14(13)2)18(22)20-12-17(21)19-11-15-6-4-3-5-7-15/h3-10H,11-12H2,1-2H3,(H,19,21)(H,20,22). The van der Waals surface area contributed by atoms with Crippen LogP contribution in [0.3, 0.4) is 0 Å².